The fourth-order valence-electron chi connectivity index (χ4n) is 2.33. The van der Waals surface area contributed by atoms with Crippen molar-refractivity contribution >= 4 is 66.4 Å². The van der Waals surface area contributed by atoms with Gasteiger partial charge in [0.05, 0.1) is 4.34 Å². The average Bonchev–Trinajstić information content (AvgIpc) is 3.18. The van der Waals surface area contributed by atoms with Crippen LogP contribution in [0.25, 0.3) is 0 Å². The molecule has 3 rings (SSSR count). The highest BCUT2D eigenvalue weighted by molar-refractivity contribution is 9.10. The molecule has 0 saturated heterocycles. The van der Waals surface area contributed by atoms with E-state index in [1.54, 1.807) is 0 Å². The molecule has 1 aliphatic rings. The molecule has 1 saturated carbocycles. The standard InChI is InChI=1S/C14H10BrCl2NO3S2/c15-8-3-1-7(2-4-8)9-5-10(9)14(19)18-23(20,21)11-6-12(16)22-13(11)17/h1-4,6,9-10H,5H2,(H,18,19)/t9-,10+/m0/s1. The van der Waals surface area contributed by atoms with Gasteiger partial charge < -0.3 is 0 Å². The Bertz CT molecular complexity index is 865. The quantitative estimate of drug-likeness (QED) is 0.743. The molecule has 1 aliphatic carbocycles. The van der Waals surface area contributed by atoms with Gasteiger partial charge >= 0.3 is 0 Å². The van der Waals surface area contributed by atoms with Crippen LogP contribution in [0.4, 0.5) is 0 Å². The number of hydrogen-bond acceptors (Lipinski definition) is 4. The van der Waals surface area contributed by atoms with E-state index in [4.69, 9.17) is 23.2 Å². The Labute approximate surface area is 156 Å². The van der Waals surface area contributed by atoms with E-state index in [1.165, 1.54) is 6.07 Å². The second-order valence-corrected chi connectivity index (χ2v) is 10.0. The van der Waals surface area contributed by atoms with Crippen LogP contribution in [0.3, 0.4) is 0 Å². The minimum atomic E-state index is -4.00. The third kappa shape index (κ3) is 3.74. The molecule has 2 aromatic rings. The van der Waals surface area contributed by atoms with Crippen molar-refractivity contribution in [3.8, 4) is 0 Å². The predicted octanol–water partition coefficient (Wildman–Crippen LogP) is 4.43. The SMILES string of the molecule is O=C(NS(=O)(=O)c1cc(Cl)sc1Cl)[C@@H]1C[C@H]1c1ccc(Br)cc1. The summed E-state index contributed by atoms with van der Waals surface area (Å²) >= 11 is 15.9. The summed E-state index contributed by atoms with van der Waals surface area (Å²) in [6.45, 7) is 0. The molecule has 1 fully saturated rings. The van der Waals surface area contributed by atoms with Crippen molar-refractivity contribution in [3.05, 3.63) is 49.0 Å². The van der Waals surface area contributed by atoms with Crippen LogP contribution in [0, 0.1) is 5.92 Å². The molecule has 122 valence electrons. The van der Waals surface area contributed by atoms with Crippen molar-refractivity contribution < 1.29 is 13.2 Å². The molecule has 0 unspecified atom stereocenters. The van der Waals surface area contributed by atoms with Crippen molar-refractivity contribution in [2.45, 2.75) is 17.2 Å². The Morgan fingerprint density at radius 1 is 1.26 bits per heavy atom. The minimum Gasteiger partial charge on any atom is -0.274 e. The highest BCUT2D eigenvalue weighted by Gasteiger charge is 2.45. The van der Waals surface area contributed by atoms with Crippen molar-refractivity contribution in [1.29, 1.82) is 0 Å². The Hall–Kier alpha value is -0.600. The van der Waals surface area contributed by atoms with Gasteiger partial charge in [-0.1, -0.05) is 51.3 Å². The van der Waals surface area contributed by atoms with Crippen LogP contribution >= 0.6 is 50.5 Å². The first-order valence-electron chi connectivity index (χ1n) is 6.55. The second kappa shape index (κ2) is 6.37. The smallest absolute Gasteiger partial charge is 0.266 e. The number of hydrogen-bond donors (Lipinski definition) is 1. The predicted molar refractivity (Wildman–Crippen MR) is 94.7 cm³/mol. The van der Waals surface area contributed by atoms with Gasteiger partial charge in [0.15, 0.2) is 0 Å². The van der Waals surface area contributed by atoms with Crippen LogP contribution in [0.15, 0.2) is 39.7 Å². The van der Waals surface area contributed by atoms with Gasteiger partial charge in [0.1, 0.15) is 9.23 Å². The van der Waals surface area contributed by atoms with Gasteiger partial charge in [0, 0.05) is 10.4 Å². The van der Waals surface area contributed by atoms with E-state index in [0.29, 0.717) is 6.42 Å². The van der Waals surface area contributed by atoms with Gasteiger partial charge in [-0.3, -0.25) is 4.79 Å². The molecule has 1 aromatic heterocycles. The molecule has 0 aliphatic heterocycles. The van der Waals surface area contributed by atoms with Crippen LogP contribution in [-0.2, 0) is 14.8 Å². The topological polar surface area (TPSA) is 63.2 Å². The molecule has 4 nitrogen and oxygen atoms in total. The maximum atomic E-state index is 12.2. The van der Waals surface area contributed by atoms with E-state index < -0.39 is 15.9 Å². The number of nitrogens with one attached hydrogen (secondary N) is 1. The Morgan fingerprint density at radius 2 is 1.91 bits per heavy atom. The van der Waals surface area contributed by atoms with Crippen LogP contribution in [0.5, 0.6) is 0 Å². The Balaban J connectivity index is 1.71. The molecule has 1 aromatic carbocycles. The van der Waals surface area contributed by atoms with Gasteiger partial charge in [0.25, 0.3) is 10.0 Å². The normalized spacial score (nSPS) is 20.3. The summed E-state index contributed by atoms with van der Waals surface area (Å²) in [5.74, 6) is -0.824. The lowest BCUT2D eigenvalue weighted by molar-refractivity contribution is -0.120. The lowest BCUT2D eigenvalue weighted by atomic mass is 10.1. The van der Waals surface area contributed by atoms with E-state index >= 15 is 0 Å². The minimum absolute atomic E-state index is 0.0376. The van der Waals surface area contributed by atoms with Crippen LogP contribution in [-0.4, -0.2) is 14.3 Å². The number of rotatable bonds is 4. The molecular formula is C14H10BrCl2NO3S2. The Morgan fingerprint density at radius 3 is 2.48 bits per heavy atom. The summed E-state index contributed by atoms with van der Waals surface area (Å²) in [7, 11) is -4.00. The number of thiophene rings is 1. The zero-order valence-corrected chi connectivity index (χ0v) is 16.2. The first kappa shape index (κ1) is 17.2. The molecule has 0 bridgehead atoms. The molecule has 23 heavy (non-hydrogen) atoms. The molecule has 1 N–H and O–H groups in total. The third-order valence-electron chi connectivity index (χ3n) is 3.58. The summed E-state index contributed by atoms with van der Waals surface area (Å²) in [5.41, 5.74) is 1.02. The Kier molecular flexibility index (Phi) is 4.77. The third-order valence-corrected chi connectivity index (χ3v) is 7.20. The van der Waals surface area contributed by atoms with E-state index in [2.05, 4.69) is 20.7 Å². The number of carbonyl (C=O) groups excluding carboxylic acids is 1. The van der Waals surface area contributed by atoms with Crippen LogP contribution < -0.4 is 4.72 Å². The van der Waals surface area contributed by atoms with Crippen molar-refractivity contribution in [3.63, 3.8) is 0 Å². The summed E-state index contributed by atoms with van der Waals surface area (Å²) in [5, 5.41) is 0. The monoisotopic (exact) mass is 453 g/mol. The fraction of sp³-hybridized carbons (Fsp3) is 0.214. The summed E-state index contributed by atoms with van der Waals surface area (Å²) < 4.78 is 27.8. The van der Waals surface area contributed by atoms with Gasteiger partial charge in [-0.2, -0.15) is 0 Å². The zero-order valence-electron chi connectivity index (χ0n) is 11.4. The van der Waals surface area contributed by atoms with Crippen LogP contribution in [0.2, 0.25) is 8.67 Å². The summed E-state index contributed by atoms with van der Waals surface area (Å²) in [6, 6.07) is 8.88. The zero-order chi connectivity index (χ0) is 16.8. The van der Waals surface area contributed by atoms with E-state index in [9.17, 15) is 13.2 Å². The van der Waals surface area contributed by atoms with Gasteiger partial charge in [-0.15, -0.1) is 11.3 Å². The van der Waals surface area contributed by atoms with Gasteiger partial charge in [-0.25, -0.2) is 13.1 Å². The second-order valence-electron chi connectivity index (χ2n) is 5.16. The highest BCUT2D eigenvalue weighted by atomic mass is 79.9. The molecule has 9 heteroatoms. The largest absolute Gasteiger partial charge is 0.274 e. The number of amides is 1. The molecule has 1 heterocycles. The lowest BCUT2D eigenvalue weighted by Crippen LogP contribution is -2.32. The molecule has 0 spiro atoms. The first-order chi connectivity index (χ1) is 10.8. The number of benzene rings is 1. The molecule has 1 amide bonds. The highest BCUT2D eigenvalue weighted by Crippen LogP contribution is 2.48. The molecule has 2 atom stereocenters. The van der Waals surface area contributed by atoms with E-state index in [0.717, 1.165) is 21.4 Å². The van der Waals surface area contributed by atoms with E-state index in [-0.39, 0.29) is 25.4 Å². The summed E-state index contributed by atoms with van der Waals surface area (Å²) in [6.07, 6.45) is 0.626. The average molecular weight is 455 g/mol. The lowest BCUT2D eigenvalue weighted by Gasteiger charge is -2.06. The van der Waals surface area contributed by atoms with Gasteiger partial charge in [-0.05, 0) is 36.1 Å². The fourth-order valence-corrected chi connectivity index (χ4v) is 5.78. The van der Waals surface area contributed by atoms with Crippen LogP contribution in [0.1, 0.15) is 17.9 Å². The van der Waals surface area contributed by atoms with Crippen molar-refractivity contribution in [2.75, 3.05) is 0 Å². The number of sulfonamides is 1. The summed E-state index contributed by atoms with van der Waals surface area (Å²) in [4.78, 5) is 12.0. The number of halogens is 3. The van der Waals surface area contributed by atoms with Crippen molar-refractivity contribution in [1.82, 2.24) is 4.72 Å². The van der Waals surface area contributed by atoms with Crippen molar-refractivity contribution in [2.24, 2.45) is 5.92 Å². The number of carbonyl (C=O) groups is 1. The maximum absolute atomic E-state index is 12.2. The maximum Gasteiger partial charge on any atom is 0.266 e. The first-order valence-corrected chi connectivity index (χ1v) is 10.4. The van der Waals surface area contributed by atoms with Gasteiger partial charge in [0.2, 0.25) is 5.91 Å². The molecular weight excluding hydrogens is 445 g/mol. The molecule has 0 radical (unpaired) electrons. The van der Waals surface area contributed by atoms with E-state index in [1.807, 2.05) is 24.3 Å².